The summed E-state index contributed by atoms with van der Waals surface area (Å²) in [6.07, 6.45) is 1.71. The van der Waals surface area contributed by atoms with E-state index in [1.54, 1.807) is 26.0 Å². The van der Waals surface area contributed by atoms with Gasteiger partial charge in [0.15, 0.2) is 6.61 Å². The number of nitro benzene ring substituents is 1. The van der Waals surface area contributed by atoms with E-state index in [1.807, 2.05) is 29.0 Å². The van der Waals surface area contributed by atoms with Gasteiger partial charge >= 0.3 is 5.97 Å². The van der Waals surface area contributed by atoms with Gasteiger partial charge in [0.1, 0.15) is 5.69 Å². The summed E-state index contributed by atoms with van der Waals surface area (Å²) in [7, 11) is 0. The average Bonchev–Trinajstić information content (AvgIpc) is 3.40. The summed E-state index contributed by atoms with van der Waals surface area (Å²) in [4.78, 5) is 37.2. The van der Waals surface area contributed by atoms with Crippen LogP contribution in [-0.4, -0.2) is 23.4 Å². The van der Waals surface area contributed by atoms with Gasteiger partial charge in [0.25, 0.3) is 11.6 Å². The van der Waals surface area contributed by atoms with Crippen LogP contribution in [0.4, 0.5) is 11.4 Å². The minimum atomic E-state index is -0.656. The number of aryl methyl sites for hydroxylation is 2. The summed E-state index contributed by atoms with van der Waals surface area (Å²) >= 11 is 2.86. The Morgan fingerprint density at radius 3 is 2.47 bits per heavy atom. The fraction of sp³-hybridized carbons (Fsp3) is 0.143. The Balaban J connectivity index is 1.72. The van der Waals surface area contributed by atoms with E-state index in [2.05, 4.69) is 5.32 Å². The Morgan fingerprint density at radius 1 is 1.13 bits per heavy atom. The molecule has 0 aliphatic carbocycles. The summed E-state index contributed by atoms with van der Waals surface area (Å²) < 4.78 is 5.19. The molecule has 0 atom stereocenters. The number of nitro groups is 1. The first-order valence-corrected chi connectivity index (χ1v) is 10.6. The number of carbonyl (C=O) groups is 2. The molecule has 0 radical (unpaired) electrons. The van der Waals surface area contributed by atoms with Crippen LogP contribution in [0.5, 0.6) is 0 Å². The van der Waals surface area contributed by atoms with Gasteiger partial charge in [-0.1, -0.05) is 12.1 Å². The molecule has 154 valence electrons. The lowest BCUT2D eigenvalue weighted by atomic mass is 10.1. The van der Waals surface area contributed by atoms with Crippen LogP contribution >= 0.6 is 22.7 Å². The Hall–Kier alpha value is -3.30. The molecular formula is C21H18N2O5S2. The number of hydrogen-bond donors (Lipinski definition) is 1. The second-order valence-corrected chi connectivity index (χ2v) is 8.31. The number of esters is 1. The largest absolute Gasteiger partial charge is 0.452 e. The third-order valence-electron chi connectivity index (χ3n) is 4.25. The number of anilines is 1. The minimum Gasteiger partial charge on any atom is -0.452 e. The molecule has 1 N–H and O–H groups in total. The fourth-order valence-electron chi connectivity index (χ4n) is 2.63. The number of benzene rings is 1. The van der Waals surface area contributed by atoms with Crippen LogP contribution < -0.4 is 5.32 Å². The zero-order valence-electron chi connectivity index (χ0n) is 16.2. The molecule has 3 aromatic rings. The van der Waals surface area contributed by atoms with Crippen molar-refractivity contribution < 1.29 is 19.2 Å². The third kappa shape index (κ3) is 5.19. The number of thiophene rings is 2. The molecule has 0 aliphatic rings. The van der Waals surface area contributed by atoms with Crippen LogP contribution in [0, 0.1) is 24.0 Å². The Labute approximate surface area is 180 Å². The zero-order chi connectivity index (χ0) is 21.7. The van der Waals surface area contributed by atoms with Crippen molar-refractivity contribution in [2.24, 2.45) is 0 Å². The van der Waals surface area contributed by atoms with Gasteiger partial charge < -0.3 is 10.1 Å². The second-order valence-electron chi connectivity index (χ2n) is 6.39. The van der Waals surface area contributed by atoms with Crippen molar-refractivity contribution in [2.45, 2.75) is 13.8 Å². The number of hydrogen-bond acceptors (Lipinski definition) is 7. The lowest BCUT2D eigenvalue weighted by Crippen LogP contribution is -2.21. The van der Waals surface area contributed by atoms with Crippen LogP contribution in [0.15, 0.2) is 47.2 Å². The van der Waals surface area contributed by atoms with Crippen molar-refractivity contribution in [2.75, 3.05) is 11.9 Å². The van der Waals surface area contributed by atoms with E-state index in [0.717, 1.165) is 20.9 Å². The number of nitrogens with zero attached hydrogens (tertiary/aromatic N) is 1. The van der Waals surface area contributed by atoms with Gasteiger partial charge in [-0.25, -0.2) is 4.79 Å². The number of ether oxygens (including phenoxy) is 1. The van der Waals surface area contributed by atoms with E-state index in [-0.39, 0.29) is 11.4 Å². The molecule has 1 amide bonds. The highest BCUT2D eigenvalue weighted by Gasteiger charge is 2.20. The molecule has 2 aromatic heterocycles. The Bertz CT molecular complexity index is 1100. The quantitative estimate of drug-likeness (QED) is 0.239. The van der Waals surface area contributed by atoms with E-state index in [1.165, 1.54) is 34.8 Å². The van der Waals surface area contributed by atoms with Crippen LogP contribution in [-0.2, 0) is 14.3 Å². The van der Waals surface area contributed by atoms with E-state index in [9.17, 15) is 19.7 Å². The molecule has 0 saturated heterocycles. The standard InChI is InChI=1S/C21H18N2O5S2/c1-13-9-17(18(23(26)27)10-14(13)2)22-20(24)12-28-21(25)16(19-6-4-8-30-19)11-15-5-3-7-29-15/h3-11H,12H2,1-2H3,(H,22,24)/b16-11-. The summed E-state index contributed by atoms with van der Waals surface area (Å²) in [5, 5.41) is 17.5. The molecule has 9 heteroatoms. The van der Waals surface area contributed by atoms with Crippen LogP contribution in [0.25, 0.3) is 11.6 Å². The smallest absolute Gasteiger partial charge is 0.340 e. The lowest BCUT2D eigenvalue weighted by Gasteiger charge is -2.10. The van der Waals surface area contributed by atoms with E-state index >= 15 is 0 Å². The van der Waals surface area contributed by atoms with E-state index < -0.39 is 23.4 Å². The van der Waals surface area contributed by atoms with Gasteiger partial charge in [0.2, 0.25) is 0 Å². The molecule has 0 unspecified atom stereocenters. The molecule has 0 fully saturated rings. The summed E-state index contributed by atoms with van der Waals surface area (Å²) in [6.45, 7) is 2.98. The van der Waals surface area contributed by atoms with Crippen LogP contribution in [0.1, 0.15) is 20.9 Å². The van der Waals surface area contributed by atoms with Gasteiger partial charge in [0.05, 0.1) is 10.5 Å². The molecule has 0 saturated carbocycles. The van der Waals surface area contributed by atoms with Gasteiger partial charge in [-0.05, 0) is 60.0 Å². The van der Waals surface area contributed by atoms with Crippen molar-refractivity contribution in [1.82, 2.24) is 0 Å². The number of carbonyl (C=O) groups excluding carboxylic acids is 2. The average molecular weight is 443 g/mol. The second kappa shape index (κ2) is 9.47. The topological polar surface area (TPSA) is 98.5 Å². The maximum absolute atomic E-state index is 12.6. The first-order valence-electron chi connectivity index (χ1n) is 8.87. The molecule has 1 aromatic carbocycles. The maximum Gasteiger partial charge on any atom is 0.340 e. The normalized spacial score (nSPS) is 11.2. The fourth-order valence-corrected chi connectivity index (χ4v) is 4.01. The van der Waals surface area contributed by atoms with E-state index in [4.69, 9.17) is 4.74 Å². The SMILES string of the molecule is Cc1cc(NC(=O)COC(=O)/C(=C\c2cccs2)c2cccs2)c([N+](=O)[O-])cc1C. The first kappa shape index (κ1) is 21.4. The number of rotatable bonds is 7. The lowest BCUT2D eigenvalue weighted by molar-refractivity contribution is -0.384. The summed E-state index contributed by atoms with van der Waals surface area (Å²) in [5.74, 6) is -1.30. The first-order chi connectivity index (χ1) is 14.3. The molecule has 7 nitrogen and oxygen atoms in total. The minimum absolute atomic E-state index is 0.0664. The summed E-state index contributed by atoms with van der Waals surface area (Å²) in [6, 6.07) is 10.3. The monoisotopic (exact) mass is 442 g/mol. The Kier molecular flexibility index (Phi) is 6.76. The molecule has 2 heterocycles. The van der Waals surface area contributed by atoms with E-state index in [0.29, 0.717) is 5.57 Å². The number of nitrogens with one attached hydrogen (secondary N) is 1. The molecular weight excluding hydrogens is 424 g/mol. The van der Waals surface area contributed by atoms with Crippen LogP contribution in [0.2, 0.25) is 0 Å². The van der Waals surface area contributed by atoms with Crippen LogP contribution in [0.3, 0.4) is 0 Å². The molecule has 30 heavy (non-hydrogen) atoms. The van der Waals surface area contributed by atoms with Crippen molar-refractivity contribution in [3.05, 3.63) is 78.2 Å². The maximum atomic E-state index is 12.6. The molecule has 3 rings (SSSR count). The van der Waals surface area contributed by atoms with Crippen molar-refractivity contribution in [1.29, 1.82) is 0 Å². The third-order valence-corrected chi connectivity index (χ3v) is 5.98. The zero-order valence-corrected chi connectivity index (χ0v) is 17.8. The van der Waals surface area contributed by atoms with Gasteiger partial charge in [-0.2, -0.15) is 0 Å². The molecule has 0 spiro atoms. The Morgan fingerprint density at radius 2 is 1.83 bits per heavy atom. The highest BCUT2D eigenvalue weighted by Crippen LogP contribution is 2.28. The predicted octanol–water partition coefficient (Wildman–Crippen LogP) is 5.06. The summed E-state index contributed by atoms with van der Waals surface area (Å²) in [5.41, 5.74) is 1.74. The highest BCUT2D eigenvalue weighted by molar-refractivity contribution is 7.12. The van der Waals surface area contributed by atoms with Gasteiger partial charge in [-0.15, -0.1) is 22.7 Å². The molecule has 0 aliphatic heterocycles. The predicted molar refractivity (Wildman–Crippen MR) is 119 cm³/mol. The van der Waals surface area contributed by atoms with Crippen molar-refractivity contribution in [3.63, 3.8) is 0 Å². The van der Waals surface area contributed by atoms with Crippen molar-refractivity contribution >= 4 is 57.6 Å². The van der Waals surface area contributed by atoms with Gasteiger partial charge in [0, 0.05) is 15.8 Å². The van der Waals surface area contributed by atoms with Crippen molar-refractivity contribution in [3.8, 4) is 0 Å². The van der Waals surface area contributed by atoms with Gasteiger partial charge in [-0.3, -0.25) is 14.9 Å². The highest BCUT2D eigenvalue weighted by atomic mass is 32.1. The molecule has 0 bridgehead atoms. The number of amides is 1.